The zero-order valence-corrected chi connectivity index (χ0v) is 11.0. The van der Waals surface area contributed by atoms with Crippen molar-refractivity contribution < 1.29 is 0 Å². The molecular weight excluding hydrogens is 218 g/mol. The van der Waals surface area contributed by atoms with Crippen LogP contribution in [-0.4, -0.2) is 30.0 Å². The third kappa shape index (κ3) is 3.03. The predicted molar refractivity (Wildman–Crippen MR) is 68.6 cm³/mol. The molecule has 1 unspecified atom stereocenters. The first-order chi connectivity index (χ1) is 7.81. The first kappa shape index (κ1) is 12.0. The molecule has 2 heterocycles. The molecule has 0 bridgehead atoms. The van der Waals surface area contributed by atoms with E-state index in [0.717, 1.165) is 19.0 Å². The highest BCUT2D eigenvalue weighted by Gasteiger charge is 2.21. The molecule has 0 aromatic carbocycles. The lowest BCUT2D eigenvalue weighted by Gasteiger charge is -2.13. The van der Waals surface area contributed by atoms with Gasteiger partial charge in [0.15, 0.2) is 0 Å². The number of nitrogens with zero attached hydrogens (tertiary/aromatic N) is 2. The monoisotopic (exact) mass is 239 g/mol. The van der Waals surface area contributed by atoms with Gasteiger partial charge in [0.25, 0.3) is 0 Å². The van der Waals surface area contributed by atoms with Gasteiger partial charge in [0.05, 0.1) is 5.69 Å². The fraction of sp³-hybridized carbons (Fsp3) is 0.750. The second-order valence-corrected chi connectivity index (χ2v) is 5.50. The van der Waals surface area contributed by atoms with Crippen LogP contribution in [0.4, 0.5) is 0 Å². The van der Waals surface area contributed by atoms with Crippen molar-refractivity contribution in [1.29, 1.82) is 0 Å². The summed E-state index contributed by atoms with van der Waals surface area (Å²) in [6.45, 7) is 6.73. The van der Waals surface area contributed by atoms with E-state index in [1.165, 1.54) is 36.6 Å². The van der Waals surface area contributed by atoms with E-state index in [1.807, 2.05) is 7.05 Å². The molecule has 3 nitrogen and oxygen atoms in total. The molecule has 0 aliphatic carbocycles. The highest BCUT2D eigenvalue weighted by Crippen LogP contribution is 2.21. The first-order valence-electron chi connectivity index (χ1n) is 6.12. The van der Waals surface area contributed by atoms with Gasteiger partial charge in [-0.2, -0.15) is 0 Å². The van der Waals surface area contributed by atoms with Crippen LogP contribution in [0.2, 0.25) is 0 Å². The highest BCUT2D eigenvalue weighted by molar-refractivity contribution is 7.09. The third-order valence-corrected chi connectivity index (χ3v) is 4.16. The molecule has 1 aromatic heterocycles. The maximum atomic E-state index is 4.63. The number of likely N-dealkylation sites (tertiary alicyclic amines) is 1. The molecule has 4 heteroatoms. The maximum absolute atomic E-state index is 4.63. The van der Waals surface area contributed by atoms with E-state index in [2.05, 4.69) is 27.5 Å². The van der Waals surface area contributed by atoms with Gasteiger partial charge in [-0.25, -0.2) is 4.98 Å². The van der Waals surface area contributed by atoms with Crippen LogP contribution in [0.1, 0.15) is 30.5 Å². The summed E-state index contributed by atoms with van der Waals surface area (Å²) in [6, 6.07) is 0. The Balaban J connectivity index is 1.84. The third-order valence-electron chi connectivity index (χ3n) is 3.26. The largest absolute Gasteiger partial charge is 0.314 e. The van der Waals surface area contributed by atoms with E-state index < -0.39 is 0 Å². The minimum Gasteiger partial charge on any atom is -0.314 e. The summed E-state index contributed by atoms with van der Waals surface area (Å²) in [7, 11) is 1.97. The van der Waals surface area contributed by atoms with Crippen molar-refractivity contribution in [2.75, 3.05) is 20.1 Å². The van der Waals surface area contributed by atoms with E-state index >= 15 is 0 Å². The Bertz CT molecular complexity index is 324. The van der Waals surface area contributed by atoms with Crippen LogP contribution in [0.25, 0.3) is 0 Å². The molecule has 0 amide bonds. The van der Waals surface area contributed by atoms with Gasteiger partial charge in [-0.15, -0.1) is 11.3 Å². The van der Waals surface area contributed by atoms with Crippen LogP contribution in [0.5, 0.6) is 0 Å². The molecule has 1 N–H and O–H groups in total. The van der Waals surface area contributed by atoms with Crippen LogP contribution >= 0.6 is 11.3 Å². The summed E-state index contributed by atoms with van der Waals surface area (Å²) >= 11 is 1.76. The Hall–Kier alpha value is -0.450. The standard InChI is InChI=1S/C12H21N3S/c1-3-10-4-5-15(7-10)8-11-9-16-12(14-11)6-13-2/h9-10,13H,3-8H2,1-2H3. The maximum Gasteiger partial charge on any atom is 0.107 e. The van der Waals surface area contributed by atoms with Crippen molar-refractivity contribution in [3.8, 4) is 0 Å². The minimum atomic E-state index is 0.891. The lowest BCUT2D eigenvalue weighted by atomic mass is 10.1. The SMILES string of the molecule is CCC1CCN(Cc2csc(CNC)n2)C1. The Kier molecular flexibility index (Phi) is 4.32. The van der Waals surface area contributed by atoms with E-state index in [4.69, 9.17) is 0 Å². The Morgan fingerprint density at radius 2 is 2.50 bits per heavy atom. The van der Waals surface area contributed by atoms with Gasteiger partial charge in [-0.3, -0.25) is 4.90 Å². The van der Waals surface area contributed by atoms with Gasteiger partial charge >= 0.3 is 0 Å². The normalized spacial score (nSPS) is 21.8. The second-order valence-electron chi connectivity index (χ2n) is 4.56. The molecule has 16 heavy (non-hydrogen) atoms. The smallest absolute Gasteiger partial charge is 0.107 e. The van der Waals surface area contributed by atoms with Crippen molar-refractivity contribution in [2.45, 2.75) is 32.9 Å². The zero-order chi connectivity index (χ0) is 11.4. The fourth-order valence-corrected chi connectivity index (χ4v) is 3.07. The molecule has 1 aliphatic rings. The number of hydrogen-bond acceptors (Lipinski definition) is 4. The van der Waals surface area contributed by atoms with Crippen LogP contribution in [0.3, 0.4) is 0 Å². The average Bonchev–Trinajstić information content (AvgIpc) is 2.89. The molecule has 1 fully saturated rings. The van der Waals surface area contributed by atoms with Gasteiger partial charge in [-0.1, -0.05) is 13.3 Å². The summed E-state index contributed by atoms with van der Waals surface area (Å²) in [5.74, 6) is 0.912. The number of thiazole rings is 1. The van der Waals surface area contributed by atoms with Crippen molar-refractivity contribution >= 4 is 11.3 Å². The van der Waals surface area contributed by atoms with E-state index in [0.29, 0.717) is 0 Å². The molecule has 1 atom stereocenters. The van der Waals surface area contributed by atoms with Crippen molar-refractivity contribution in [3.63, 3.8) is 0 Å². The molecule has 0 saturated carbocycles. The summed E-state index contributed by atoms with van der Waals surface area (Å²) in [4.78, 5) is 7.16. The zero-order valence-electron chi connectivity index (χ0n) is 10.2. The molecule has 1 saturated heterocycles. The highest BCUT2D eigenvalue weighted by atomic mass is 32.1. The lowest BCUT2D eigenvalue weighted by molar-refractivity contribution is 0.312. The lowest BCUT2D eigenvalue weighted by Crippen LogP contribution is -2.20. The Morgan fingerprint density at radius 1 is 1.62 bits per heavy atom. The Morgan fingerprint density at radius 3 is 3.19 bits per heavy atom. The molecule has 1 aliphatic heterocycles. The predicted octanol–water partition coefficient (Wildman–Crippen LogP) is 2.09. The van der Waals surface area contributed by atoms with E-state index in [1.54, 1.807) is 11.3 Å². The molecule has 0 radical (unpaired) electrons. The van der Waals surface area contributed by atoms with E-state index in [-0.39, 0.29) is 0 Å². The summed E-state index contributed by atoms with van der Waals surface area (Å²) in [5, 5.41) is 6.54. The van der Waals surface area contributed by atoms with Gasteiger partial charge in [0.2, 0.25) is 0 Å². The topological polar surface area (TPSA) is 28.2 Å². The van der Waals surface area contributed by atoms with Crippen LogP contribution in [-0.2, 0) is 13.1 Å². The number of nitrogens with one attached hydrogen (secondary N) is 1. The van der Waals surface area contributed by atoms with Crippen LogP contribution in [0, 0.1) is 5.92 Å². The van der Waals surface area contributed by atoms with Gasteiger partial charge in [-0.05, 0) is 25.9 Å². The van der Waals surface area contributed by atoms with Crippen molar-refractivity contribution in [3.05, 3.63) is 16.1 Å². The first-order valence-corrected chi connectivity index (χ1v) is 7.00. The number of aromatic nitrogens is 1. The molecule has 2 rings (SSSR count). The van der Waals surface area contributed by atoms with Crippen LogP contribution in [0.15, 0.2) is 5.38 Å². The fourth-order valence-electron chi connectivity index (χ4n) is 2.27. The summed E-state index contributed by atoms with van der Waals surface area (Å²) in [6.07, 6.45) is 2.68. The van der Waals surface area contributed by atoms with Gasteiger partial charge < -0.3 is 5.32 Å². The summed E-state index contributed by atoms with van der Waals surface area (Å²) < 4.78 is 0. The molecule has 1 aromatic rings. The van der Waals surface area contributed by atoms with Crippen molar-refractivity contribution in [1.82, 2.24) is 15.2 Å². The second kappa shape index (κ2) is 5.75. The van der Waals surface area contributed by atoms with E-state index in [9.17, 15) is 0 Å². The van der Waals surface area contributed by atoms with Gasteiger partial charge in [0.1, 0.15) is 5.01 Å². The molecule has 90 valence electrons. The van der Waals surface area contributed by atoms with Crippen LogP contribution < -0.4 is 5.32 Å². The molecular formula is C12H21N3S. The summed E-state index contributed by atoms with van der Waals surface area (Å²) in [5.41, 5.74) is 1.24. The quantitative estimate of drug-likeness (QED) is 0.853. The minimum absolute atomic E-state index is 0.891. The van der Waals surface area contributed by atoms with Crippen molar-refractivity contribution in [2.24, 2.45) is 5.92 Å². The Labute approximate surface area is 102 Å². The average molecular weight is 239 g/mol. The van der Waals surface area contributed by atoms with Gasteiger partial charge in [0, 0.05) is 25.0 Å². The number of hydrogen-bond donors (Lipinski definition) is 1. The number of rotatable bonds is 5. The molecule has 0 spiro atoms.